The van der Waals surface area contributed by atoms with Crippen molar-refractivity contribution in [1.82, 2.24) is 14.5 Å². The summed E-state index contributed by atoms with van der Waals surface area (Å²) in [6.07, 6.45) is 3.60. The molecule has 4 heterocycles. The van der Waals surface area contributed by atoms with Crippen LogP contribution in [0.5, 0.6) is 23.0 Å². The van der Waals surface area contributed by atoms with Crippen molar-refractivity contribution in [2.24, 2.45) is 0 Å². The van der Waals surface area contributed by atoms with E-state index in [0.29, 0.717) is 71.5 Å². The van der Waals surface area contributed by atoms with Crippen LogP contribution in [-0.2, 0) is 11.2 Å². The number of fused-ring (bicyclic) bond motifs is 2. The Labute approximate surface area is 278 Å². The summed E-state index contributed by atoms with van der Waals surface area (Å²) in [6, 6.07) is 14.2. The Morgan fingerprint density at radius 2 is 1.79 bits per heavy atom. The molecule has 0 atom stereocenters. The SMILES string of the molecule is O=C(Nc1ccc(Oc2ccnc3cc(OCCN4CCOCC4)c(Cl)cc23)c(F)c1)c1c2c(cn(-c3ccc(F)cc3)c1=O)CCO2. The number of nitrogens with zero attached hydrogens (tertiary/aromatic N) is 3. The van der Waals surface area contributed by atoms with Gasteiger partial charge in [0.25, 0.3) is 11.5 Å². The van der Waals surface area contributed by atoms with Crippen molar-refractivity contribution < 1.29 is 32.5 Å². The molecule has 0 unspecified atom stereocenters. The largest absolute Gasteiger partial charge is 0.492 e. The fourth-order valence-electron chi connectivity index (χ4n) is 5.66. The maximum Gasteiger partial charge on any atom is 0.271 e. The van der Waals surface area contributed by atoms with Gasteiger partial charge in [-0.05, 0) is 48.5 Å². The predicted molar refractivity (Wildman–Crippen MR) is 175 cm³/mol. The minimum absolute atomic E-state index is 0.0923. The molecule has 0 aliphatic carbocycles. The lowest BCUT2D eigenvalue weighted by atomic mass is 10.1. The molecule has 1 N–H and O–H groups in total. The van der Waals surface area contributed by atoms with Gasteiger partial charge in [0, 0.05) is 72.9 Å². The number of aromatic nitrogens is 2. The summed E-state index contributed by atoms with van der Waals surface area (Å²) >= 11 is 6.54. The van der Waals surface area contributed by atoms with Gasteiger partial charge in [0.15, 0.2) is 11.6 Å². The standard InChI is InChI=1S/C35H29ClF2N4O6/c36-26-18-25-28(19-31(26)46-16-12-41-10-14-45-15-11-41)39-9-7-29(25)48-30-6-3-23(17-27(30)38)40-34(43)32-33-21(8-13-47-33)20-42(35(32)44)24-4-1-22(37)2-5-24/h1-7,9,17-20H,8,10-16H2,(H,40,43). The molecular formula is C35H29ClF2N4O6. The monoisotopic (exact) mass is 674 g/mol. The molecule has 13 heteroatoms. The van der Waals surface area contributed by atoms with Crippen molar-refractivity contribution in [2.45, 2.75) is 6.42 Å². The first-order valence-electron chi connectivity index (χ1n) is 15.3. The second-order valence-electron chi connectivity index (χ2n) is 11.2. The van der Waals surface area contributed by atoms with E-state index in [1.54, 1.807) is 24.4 Å². The van der Waals surface area contributed by atoms with Crippen molar-refractivity contribution in [3.63, 3.8) is 0 Å². The van der Waals surface area contributed by atoms with Crippen molar-refractivity contribution >= 4 is 34.1 Å². The smallest absolute Gasteiger partial charge is 0.271 e. The first-order chi connectivity index (χ1) is 23.3. The molecule has 5 aromatic rings. The fraction of sp³-hybridized carbons (Fsp3) is 0.229. The molecule has 0 radical (unpaired) electrons. The van der Waals surface area contributed by atoms with Gasteiger partial charge in [-0.1, -0.05) is 11.6 Å². The highest BCUT2D eigenvalue weighted by Gasteiger charge is 2.27. The van der Waals surface area contributed by atoms with E-state index in [2.05, 4.69) is 15.2 Å². The van der Waals surface area contributed by atoms with Crippen molar-refractivity contribution in [1.29, 1.82) is 0 Å². The maximum atomic E-state index is 15.4. The zero-order valence-corrected chi connectivity index (χ0v) is 26.3. The first-order valence-corrected chi connectivity index (χ1v) is 15.7. The Kier molecular flexibility index (Phi) is 8.94. The second kappa shape index (κ2) is 13.6. The molecule has 48 heavy (non-hydrogen) atoms. The molecule has 0 spiro atoms. The van der Waals surface area contributed by atoms with Crippen LogP contribution in [0.15, 0.2) is 77.9 Å². The lowest BCUT2D eigenvalue weighted by Crippen LogP contribution is -2.38. The zero-order valence-electron chi connectivity index (χ0n) is 25.5. The van der Waals surface area contributed by atoms with Gasteiger partial charge in [-0.3, -0.25) is 24.0 Å². The number of halogens is 3. The van der Waals surface area contributed by atoms with Crippen LogP contribution in [0.25, 0.3) is 16.6 Å². The summed E-state index contributed by atoms with van der Waals surface area (Å²) < 4.78 is 53.0. The number of pyridine rings is 2. The number of amides is 1. The topological polar surface area (TPSA) is 104 Å². The van der Waals surface area contributed by atoms with Gasteiger partial charge in [0.1, 0.15) is 35.2 Å². The maximum absolute atomic E-state index is 15.4. The third-order valence-corrected chi connectivity index (χ3v) is 8.41. The molecule has 1 amide bonds. The van der Waals surface area contributed by atoms with Gasteiger partial charge < -0.3 is 24.3 Å². The molecule has 246 valence electrons. The lowest BCUT2D eigenvalue weighted by molar-refractivity contribution is 0.0322. The van der Waals surface area contributed by atoms with Crippen LogP contribution in [0.3, 0.4) is 0 Å². The minimum Gasteiger partial charge on any atom is -0.492 e. The highest BCUT2D eigenvalue weighted by Crippen LogP contribution is 2.37. The van der Waals surface area contributed by atoms with Gasteiger partial charge >= 0.3 is 0 Å². The lowest BCUT2D eigenvalue weighted by Gasteiger charge is -2.26. The number of anilines is 1. The normalized spacial score (nSPS) is 14.4. The summed E-state index contributed by atoms with van der Waals surface area (Å²) in [6.45, 7) is 4.58. The van der Waals surface area contributed by atoms with Gasteiger partial charge in [-0.25, -0.2) is 8.78 Å². The Bertz CT molecular complexity index is 2070. The van der Waals surface area contributed by atoms with Crippen molar-refractivity contribution in [2.75, 3.05) is 51.4 Å². The molecule has 10 nitrogen and oxygen atoms in total. The number of benzene rings is 3. The highest BCUT2D eigenvalue weighted by molar-refractivity contribution is 6.33. The van der Waals surface area contributed by atoms with Gasteiger partial charge in [0.2, 0.25) is 0 Å². The average molecular weight is 675 g/mol. The van der Waals surface area contributed by atoms with E-state index in [9.17, 15) is 14.0 Å². The number of hydrogen-bond acceptors (Lipinski definition) is 8. The predicted octanol–water partition coefficient (Wildman–Crippen LogP) is 6.01. The van der Waals surface area contributed by atoms with Crippen LogP contribution >= 0.6 is 11.6 Å². The van der Waals surface area contributed by atoms with E-state index in [1.165, 1.54) is 47.2 Å². The first kappa shape index (κ1) is 31.6. The number of hydrogen-bond donors (Lipinski definition) is 1. The number of nitrogens with one attached hydrogen (secondary N) is 1. The number of morpholine rings is 1. The Hall–Kier alpha value is -5.04. The van der Waals surface area contributed by atoms with Crippen molar-refractivity contribution in [3.05, 3.63) is 111 Å². The van der Waals surface area contributed by atoms with Crippen molar-refractivity contribution in [3.8, 4) is 28.7 Å². The van der Waals surface area contributed by atoms with Crippen LogP contribution in [-0.4, -0.2) is 66.4 Å². The van der Waals surface area contributed by atoms with E-state index in [0.717, 1.165) is 25.7 Å². The average Bonchev–Trinajstić information content (AvgIpc) is 3.55. The number of carbonyl (C=O) groups is 1. The van der Waals surface area contributed by atoms with E-state index in [-0.39, 0.29) is 22.7 Å². The van der Waals surface area contributed by atoms with Crippen LogP contribution in [0.4, 0.5) is 14.5 Å². The molecule has 1 fully saturated rings. The fourth-order valence-corrected chi connectivity index (χ4v) is 5.87. The summed E-state index contributed by atoms with van der Waals surface area (Å²) in [7, 11) is 0. The minimum atomic E-state index is -0.777. The Morgan fingerprint density at radius 1 is 0.979 bits per heavy atom. The summed E-state index contributed by atoms with van der Waals surface area (Å²) in [5.74, 6) is -1.14. The van der Waals surface area contributed by atoms with Gasteiger partial charge in [0.05, 0.1) is 30.4 Å². The zero-order chi connectivity index (χ0) is 33.2. The quantitative estimate of drug-likeness (QED) is 0.203. The van der Waals surface area contributed by atoms with E-state index >= 15 is 4.39 Å². The Balaban J connectivity index is 1.08. The number of rotatable bonds is 9. The van der Waals surface area contributed by atoms with E-state index < -0.39 is 23.1 Å². The van der Waals surface area contributed by atoms with Crippen LogP contribution in [0, 0.1) is 11.6 Å². The summed E-state index contributed by atoms with van der Waals surface area (Å²) in [5.41, 5.74) is 0.778. The molecular weight excluding hydrogens is 646 g/mol. The van der Waals surface area contributed by atoms with E-state index in [1.807, 2.05) is 0 Å². The second-order valence-corrected chi connectivity index (χ2v) is 11.6. The van der Waals surface area contributed by atoms with Crippen LogP contribution < -0.4 is 25.1 Å². The Morgan fingerprint density at radius 3 is 2.58 bits per heavy atom. The molecule has 2 aliphatic rings. The molecule has 2 aromatic heterocycles. The van der Waals surface area contributed by atoms with Crippen LogP contribution in [0.1, 0.15) is 15.9 Å². The molecule has 3 aromatic carbocycles. The molecule has 0 saturated carbocycles. The summed E-state index contributed by atoms with van der Waals surface area (Å²) in [5, 5.41) is 3.50. The highest BCUT2D eigenvalue weighted by atomic mass is 35.5. The molecule has 0 bridgehead atoms. The van der Waals surface area contributed by atoms with Gasteiger partial charge in [-0.15, -0.1) is 0 Å². The van der Waals surface area contributed by atoms with E-state index in [4.69, 9.17) is 30.5 Å². The van der Waals surface area contributed by atoms with Gasteiger partial charge in [-0.2, -0.15) is 0 Å². The number of carbonyl (C=O) groups excluding carboxylic acids is 1. The third kappa shape index (κ3) is 6.55. The summed E-state index contributed by atoms with van der Waals surface area (Å²) in [4.78, 5) is 33.5. The molecule has 1 saturated heterocycles. The third-order valence-electron chi connectivity index (χ3n) is 8.12. The molecule has 7 rings (SSSR count). The number of ether oxygens (including phenoxy) is 4. The van der Waals surface area contributed by atoms with Crippen LogP contribution in [0.2, 0.25) is 5.02 Å². The molecule has 2 aliphatic heterocycles.